The molecule has 12 nitrogen and oxygen atoms in total. The van der Waals surface area contributed by atoms with Crippen molar-refractivity contribution in [2.75, 3.05) is 20.3 Å². The molecule has 258 valence electrons. The molecule has 0 radical (unpaired) electrons. The van der Waals surface area contributed by atoms with E-state index in [2.05, 4.69) is 37.9 Å². The van der Waals surface area contributed by atoms with Crippen LogP contribution in [0.25, 0.3) is 6.08 Å². The fourth-order valence-corrected chi connectivity index (χ4v) is 7.17. The molecule has 0 aromatic carbocycles. The Morgan fingerprint density at radius 2 is 2.00 bits per heavy atom. The van der Waals surface area contributed by atoms with Gasteiger partial charge in [0, 0.05) is 38.9 Å². The summed E-state index contributed by atoms with van der Waals surface area (Å²) in [5, 5.41) is 20.8. The number of imidazole rings is 1. The molecule has 2 N–H and O–H groups in total. The number of aliphatic hydroxyl groups is 2. The molecule has 1 saturated heterocycles. The monoisotopic (exact) mass is 656 g/mol. The average molecular weight is 657 g/mol. The average Bonchev–Trinajstić information content (AvgIpc) is 3.61. The van der Waals surface area contributed by atoms with Gasteiger partial charge in [-0.2, -0.15) is 0 Å². The molecule has 0 spiro atoms. The summed E-state index contributed by atoms with van der Waals surface area (Å²) in [6, 6.07) is 0. The van der Waals surface area contributed by atoms with Crippen LogP contribution in [-0.2, 0) is 45.1 Å². The summed E-state index contributed by atoms with van der Waals surface area (Å²) < 4.78 is 38.1. The summed E-state index contributed by atoms with van der Waals surface area (Å²) in [5.74, 6) is -1.90. The maximum Gasteiger partial charge on any atom is 0.331 e. The molecule has 1 aliphatic carbocycles. The minimum absolute atomic E-state index is 0.0137. The van der Waals surface area contributed by atoms with E-state index in [4.69, 9.17) is 28.4 Å². The molecule has 4 aliphatic rings. The molecule has 2 bridgehead atoms. The van der Waals surface area contributed by atoms with Gasteiger partial charge in [-0.25, -0.2) is 9.78 Å². The second kappa shape index (κ2) is 14.2. The van der Waals surface area contributed by atoms with Crippen molar-refractivity contribution in [3.05, 3.63) is 59.7 Å². The molecule has 1 unspecified atom stereocenters. The molecule has 5 rings (SSSR count). The van der Waals surface area contributed by atoms with Gasteiger partial charge >= 0.3 is 11.9 Å². The molecule has 12 heteroatoms. The van der Waals surface area contributed by atoms with E-state index in [-0.39, 0.29) is 31.0 Å². The Bertz CT molecular complexity index is 1430. The van der Waals surface area contributed by atoms with Gasteiger partial charge in [-0.15, -0.1) is 0 Å². The summed E-state index contributed by atoms with van der Waals surface area (Å²) in [4.78, 5) is 29.4. The first-order chi connectivity index (χ1) is 22.2. The lowest BCUT2D eigenvalue weighted by molar-refractivity contribution is -0.277. The van der Waals surface area contributed by atoms with E-state index in [0.717, 1.165) is 6.42 Å². The first kappa shape index (κ1) is 35.2. The topological polar surface area (TPSA) is 148 Å². The summed E-state index contributed by atoms with van der Waals surface area (Å²) in [5.41, 5.74) is 1.43. The maximum absolute atomic E-state index is 13.3. The van der Waals surface area contributed by atoms with Crippen molar-refractivity contribution in [1.82, 2.24) is 9.55 Å². The molecule has 1 aromatic heterocycles. The van der Waals surface area contributed by atoms with Crippen molar-refractivity contribution in [1.29, 1.82) is 0 Å². The number of ether oxygens (including phenoxy) is 6. The summed E-state index contributed by atoms with van der Waals surface area (Å²) in [6.07, 6.45) is 10.3. The minimum Gasteiger partial charge on any atom is -0.456 e. The Hall–Kier alpha value is -3.13. The van der Waals surface area contributed by atoms with Crippen molar-refractivity contribution in [2.24, 2.45) is 30.7 Å². The van der Waals surface area contributed by atoms with Crippen LogP contribution in [0.5, 0.6) is 0 Å². The van der Waals surface area contributed by atoms with Crippen molar-refractivity contribution >= 4 is 18.0 Å². The molecule has 0 saturated carbocycles. The molecule has 4 heterocycles. The van der Waals surface area contributed by atoms with Crippen molar-refractivity contribution < 1.29 is 48.2 Å². The predicted molar refractivity (Wildman–Crippen MR) is 170 cm³/mol. The Morgan fingerprint density at radius 3 is 2.66 bits per heavy atom. The number of allylic oxidation sites excluding steroid dienone is 3. The molecule has 47 heavy (non-hydrogen) atoms. The predicted octanol–water partition coefficient (Wildman–Crippen LogP) is 3.24. The fourth-order valence-electron chi connectivity index (χ4n) is 7.17. The number of nitrogens with zero attached hydrogens (tertiary/aromatic N) is 2. The number of hydrogen-bond acceptors (Lipinski definition) is 11. The number of aliphatic hydroxyl groups excluding tert-OH is 2. The molecule has 10 atom stereocenters. The second-order valence-corrected chi connectivity index (χ2v) is 13.6. The van der Waals surface area contributed by atoms with Gasteiger partial charge in [-0.1, -0.05) is 31.6 Å². The van der Waals surface area contributed by atoms with Crippen LogP contribution in [0.3, 0.4) is 0 Å². The van der Waals surface area contributed by atoms with Crippen LogP contribution in [0.1, 0.15) is 53.2 Å². The van der Waals surface area contributed by atoms with Gasteiger partial charge in [-0.05, 0) is 68.6 Å². The van der Waals surface area contributed by atoms with Crippen LogP contribution in [0.4, 0.5) is 0 Å². The molecule has 1 fully saturated rings. The van der Waals surface area contributed by atoms with Crippen molar-refractivity contribution in [3.8, 4) is 0 Å². The number of aryl methyl sites for hydroxylation is 1. The normalized spacial score (nSPS) is 38.2. The van der Waals surface area contributed by atoms with Gasteiger partial charge < -0.3 is 43.2 Å². The smallest absolute Gasteiger partial charge is 0.331 e. The van der Waals surface area contributed by atoms with E-state index in [1.54, 1.807) is 30.3 Å². The number of esters is 2. The van der Waals surface area contributed by atoms with Gasteiger partial charge in [0.15, 0.2) is 12.4 Å². The highest BCUT2D eigenvalue weighted by molar-refractivity contribution is 5.86. The summed E-state index contributed by atoms with van der Waals surface area (Å²) in [7, 11) is 3.40. The number of hydrogen-bond donors (Lipinski definition) is 2. The van der Waals surface area contributed by atoms with E-state index in [1.807, 2.05) is 26.1 Å². The van der Waals surface area contributed by atoms with Gasteiger partial charge in [0.1, 0.15) is 23.9 Å². The largest absolute Gasteiger partial charge is 0.456 e. The van der Waals surface area contributed by atoms with Gasteiger partial charge in [0.25, 0.3) is 0 Å². The Kier molecular flexibility index (Phi) is 10.6. The van der Waals surface area contributed by atoms with Crippen LogP contribution in [0.15, 0.2) is 54.1 Å². The lowest BCUT2D eigenvalue weighted by Crippen LogP contribution is -2.55. The number of carbonyl (C=O) groups is 2. The lowest BCUT2D eigenvalue weighted by Gasteiger charge is -2.41. The van der Waals surface area contributed by atoms with Crippen LogP contribution in [-0.4, -0.2) is 94.1 Å². The van der Waals surface area contributed by atoms with E-state index >= 15 is 0 Å². The van der Waals surface area contributed by atoms with E-state index in [0.29, 0.717) is 23.6 Å². The van der Waals surface area contributed by atoms with Crippen LogP contribution >= 0.6 is 0 Å². The van der Waals surface area contributed by atoms with E-state index in [9.17, 15) is 19.8 Å². The van der Waals surface area contributed by atoms with Gasteiger partial charge in [-0.3, -0.25) is 4.79 Å². The third-order valence-corrected chi connectivity index (χ3v) is 9.88. The highest BCUT2D eigenvalue weighted by atomic mass is 16.7. The number of carbonyl (C=O) groups excluding carboxylic acids is 2. The van der Waals surface area contributed by atoms with Gasteiger partial charge in [0.05, 0.1) is 25.2 Å². The zero-order valence-electron chi connectivity index (χ0n) is 28.2. The number of aromatic nitrogens is 2. The van der Waals surface area contributed by atoms with Crippen LogP contribution in [0, 0.1) is 23.7 Å². The standard InChI is InChI=1S/C35H48N2O10/c1-20(2)25-10-8-21(3)26-15-29(46-30(40)11-9-24-16-37(6)19-36-24)34(5)12-13-35(42-7,47-34)23(14-27(25)26)17-43-33-32(45-22(4)38)31(41)28(39)18-44-33/h8-9,11-14,16,19-20,25-29,31-33,39,41H,10,15,17-18H2,1-7H3/b11-9-,23-14-/t25-,26+,27-,28-,29?,31-,32+,33-,34+,35-/m1/s1. The summed E-state index contributed by atoms with van der Waals surface area (Å²) >= 11 is 0. The van der Waals surface area contributed by atoms with Crippen LogP contribution in [0.2, 0.25) is 0 Å². The first-order valence-corrected chi connectivity index (χ1v) is 16.2. The second-order valence-electron chi connectivity index (χ2n) is 13.6. The third-order valence-electron chi connectivity index (χ3n) is 9.88. The lowest BCUT2D eigenvalue weighted by atomic mass is 9.65. The fraction of sp³-hybridized carbons (Fsp3) is 0.629. The maximum atomic E-state index is 13.3. The molecular weight excluding hydrogens is 608 g/mol. The molecule has 0 amide bonds. The highest BCUT2D eigenvalue weighted by Gasteiger charge is 2.54. The Morgan fingerprint density at radius 1 is 1.23 bits per heavy atom. The molecule has 1 aromatic rings. The zero-order chi connectivity index (χ0) is 34.1. The zero-order valence-corrected chi connectivity index (χ0v) is 28.2. The van der Waals surface area contributed by atoms with E-state index in [1.165, 1.54) is 18.6 Å². The Labute approximate surface area is 276 Å². The van der Waals surface area contributed by atoms with Gasteiger partial charge in [0.2, 0.25) is 5.79 Å². The molecule has 3 aliphatic heterocycles. The molecular formula is C35H48N2O10. The highest BCUT2D eigenvalue weighted by Crippen LogP contribution is 2.49. The third kappa shape index (κ3) is 7.48. The van der Waals surface area contributed by atoms with E-state index < -0.39 is 54.0 Å². The first-order valence-electron chi connectivity index (χ1n) is 16.2. The minimum atomic E-state index is -1.39. The van der Waals surface area contributed by atoms with Crippen molar-refractivity contribution in [2.45, 2.75) is 89.6 Å². The van der Waals surface area contributed by atoms with Crippen LogP contribution < -0.4 is 0 Å². The SMILES string of the molecule is CO[C@]12C=C[C@](C)(O1)C(OC(=O)/C=C\c1cn(C)cn1)C[C@H]1C(C)=CC[C@H](C(C)C)[C@H]1/C=C\2CO[C@@H]1OC[C@@H](O)[C@@H](O)[C@@H]1OC(C)=O. The number of methoxy groups -OCH3 is 1. The summed E-state index contributed by atoms with van der Waals surface area (Å²) in [6.45, 7) is 9.36. The quantitative estimate of drug-likeness (QED) is 0.229. The van der Waals surface area contributed by atoms with Crippen molar-refractivity contribution in [3.63, 3.8) is 0 Å². The number of fused-ring (bicyclic) bond motifs is 3. The number of rotatable bonds is 9. The Balaban J connectivity index is 1.49.